The van der Waals surface area contributed by atoms with E-state index in [1.54, 1.807) is 4.90 Å². The fraction of sp³-hybridized carbons (Fsp3) is 0.846. The number of hydrogen-bond donors (Lipinski definition) is 2. The molecular weight excluding hydrogens is 262 g/mol. The van der Waals surface area contributed by atoms with Gasteiger partial charge in [0.25, 0.3) is 0 Å². The van der Waals surface area contributed by atoms with Crippen LogP contribution in [0.15, 0.2) is 0 Å². The van der Waals surface area contributed by atoms with Gasteiger partial charge in [-0.25, -0.2) is 4.79 Å². The third-order valence-electron chi connectivity index (χ3n) is 3.01. The number of amides is 1. The first kappa shape index (κ1) is 16.7. The van der Waals surface area contributed by atoms with Gasteiger partial charge in [-0.1, -0.05) is 0 Å². The summed E-state index contributed by atoms with van der Waals surface area (Å²) in [5.41, 5.74) is 5.02. The Hall–Kier alpha value is -1.34. The van der Waals surface area contributed by atoms with Crippen LogP contribution in [0.3, 0.4) is 0 Å². The number of carbonyl (C=O) groups excluding carboxylic acids is 1. The van der Waals surface area contributed by atoms with Crippen LogP contribution in [0.5, 0.6) is 0 Å². The molecule has 0 aromatic rings. The summed E-state index contributed by atoms with van der Waals surface area (Å²) >= 11 is 0. The zero-order chi connectivity index (χ0) is 15.3. The van der Waals surface area contributed by atoms with Gasteiger partial charge in [0, 0.05) is 26.2 Å². The van der Waals surface area contributed by atoms with Crippen LogP contribution < -0.4 is 5.73 Å². The summed E-state index contributed by atoms with van der Waals surface area (Å²) in [7, 11) is 0. The van der Waals surface area contributed by atoms with Gasteiger partial charge in [0.2, 0.25) is 0 Å². The van der Waals surface area contributed by atoms with E-state index in [4.69, 9.17) is 15.6 Å². The Kier molecular flexibility index (Phi) is 5.76. The molecule has 0 spiro atoms. The van der Waals surface area contributed by atoms with Gasteiger partial charge in [-0.2, -0.15) is 0 Å². The van der Waals surface area contributed by atoms with E-state index in [1.807, 2.05) is 25.7 Å². The summed E-state index contributed by atoms with van der Waals surface area (Å²) in [4.78, 5) is 26.4. The van der Waals surface area contributed by atoms with E-state index in [1.165, 1.54) is 0 Å². The fourth-order valence-electron chi connectivity index (χ4n) is 2.02. The number of carbonyl (C=O) groups is 2. The smallest absolute Gasteiger partial charge is 0.410 e. The van der Waals surface area contributed by atoms with Crippen LogP contribution in [0, 0.1) is 0 Å². The van der Waals surface area contributed by atoms with E-state index in [2.05, 4.69) is 0 Å². The van der Waals surface area contributed by atoms with Crippen molar-refractivity contribution in [1.82, 2.24) is 9.80 Å². The molecule has 1 aliphatic heterocycles. The van der Waals surface area contributed by atoms with Crippen molar-refractivity contribution in [1.29, 1.82) is 0 Å². The lowest BCUT2D eigenvalue weighted by Crippen LogP contribution is -2.44. The van der Waals surface area contributed by atoms with Gasteiger partial charge in [-0.3, -0.25) is 9.69 Å². The summed E-state index contributed by atoms with van der Waals surface area (Å²) in [6, 6.07) is -0.886. The third-order valence-corrected chi connectivity index (χ3v) is 3.01. The molecule has 0 bridgehead atoms. The minimum Gasteiger partial charge on any atom is -0.480 e. The van der Waals surface area contributed by atoms with E-state index in [9.17, 15) is 9.59 Å². The van der Waals surface area contributed by atoms with Crippen LogP contribution in [0.2, 0.25) is 0 Å². The molecule has 1 fully saturated rings. The van der Waals surface area contributed by atoms with Crippen molar-refractivity contribution in [2.45, 2.75) is 38.8 Å². The Balaban J connectivity index is 2.47. The highest BCUT2D eigenvalue weighted by Crippen LogP contribution is 2.12. The molecule has 116 valence electrons. The molecular formula is C13H25N3O4. The molecule has 1 rings (SSSR count). The van der Waals surface area contributed by atoms with E-state index < -0.39 is 17.6 Å². The van der Waals surface area contributed by atoms with Crippen molar-refractivity contribution in [2.75, 3.05) is 32.7 Å². The quantitative estimate of drug-likeness (QED) is 0.777. The Labute approximate surface area is 119 Å². The van der Waals surface area contributed by atoms with Crippen LogP contribution >= 0.6 is 0 Å². The predicted octanol–water partition coefficient (Wildman–Crippen LogP) is 0.341. The molecule has 0 radical (unpaired) electrons. The Morgan fingerprint density at radius 1 is 1.25 bits per heavy atom. The number of carboxylic acids is 1. The van der Waals surface area contributed by atoms with E-state index in [-0.39, 0.29) is 6.09 Å². The standard InChI is InChI=1S/C13H25N3O4/c1-13(2,3)20-12(19)16-6-4-5-15(7-8-16)9-10(14)11(17)18/h10H,4-9,14H2,1-3H3,(H,17,18). The van der Waals surface area contributed by atoms with E-state index in [0.29, 0.717) is 26.2 Å². The molecule has 1 heterocycles. The largest absolute Gasteiger partial charge is 0.480 e. The molecule has 7 heteroatoms. The maximum atomic E-state index is 12.0. The van der Waals surface area contributed by atoms with Gasteiger partial charge in [0.05, 0.1) is 0 Å². The first-order valence-corrected chi connectivity index (χ1v) is 6.88. The molecule has 1 unspecified atom stereocenters. The average molecular weight is 287 g/mol. The summed E-state index contributed by atoms with van der Waals surface area (Å²) in [6.07, 6.45) is 0.466. The summed E-state index contributed by atoms with van der Waals surface area (Å²) < 4.78 is 5.34. The van der Waals surface area contributed by atoms with Gasteiger partial charge in [0.15, 0.2) is 0 Å². The number of hydrogen-bond acceptors (Lipinski definition) is 5. The first-order chi connectivity index (χ1) is 9.19. The Morgan fingerprint density at radius 3 is 2.45 bits per heavy atom. The number of nitrogens with zero attached hydrogens (tertiary/aromatic N) is 2. The maximum Gasteiger partial charge on any atom is 0.410 e. The Morgan fingerprint density at radius 2 is 1.90 bits per heavy atom. The van der Waals surface area contributed by atoms with Gasteiger partial charge >= 0.3 is 12.1 Å². The highest BCUT2D eigenvalue weighted by molar-refractivity contribution is 5.73. The van der Waals surface area contributed by atoms with Gasteiger partial charge in [-0.15, -0.1) is 0 Å². The molecule has 0 aliphatic carbocycles. The van der Waals surface area contributed by atoms with Gasteiger partial charge in [0.1, 0.15) is 11.6 Å². The molecule has 1 atom stereocenters. The van der Waals surface area contributed by atoms with E-state index in [0.717, 1.165) is 13.0 Å². The second-order valence-corrected chi connectivity index (χ2v) is 6.07. The molecule has 0 saturated carbocycles. The topological polar surface area (TPSA) is 96.1 Å². The normalized spacial score (nSPS) is 19.3. The number of aliphatic carboxylic acids is 1. The molecule has 0 aromatic heterocycles. The number of ether oxygens (including phenoxy) is 1. The van der Waals surface area contributed by atoms with Crippen LogP contribution in [-0.2, 0) is 9.53 Å². The summed E-state index contributed by atoms with van der Waals surface area (Å²) in [5.74, 6) is -1.00. The molecule has 1 amide bonds. The van der Waals surface area contributed by atoms with Crippen molar-refractivity contribution in [3.63, 3.8) is 0 Å². The fourth-order valence-corrected chi connectivity index (χ4v) is 2.02. The highest BCUT2D eigenvalue weighted by Gasteiger charge is 2.25. The van der Waals surface area contributed by atoms with Crippen molar-refractivity contribution in [3.05, 3.63) is 0 Å². The van der Waals surface area contributed by atoms with Crippen molar-refractivity contribution >= 4 is 12.1 Å². The first-order valence-electron chi connectivity index (χ1n) is 6.88. The number of rotatable bonds is 3. The average Bonchev–Trinajstić information content (AvgIpc) is 2.52. The lowest BCUT2D eigenvalue weighted by atomic mass is 10.2. The van der Waals surface area contributed by atoms with Crippen LogP contribution in [0.4, 0.5) is 4.79 Å². The zero-order valence-electron chi connectivity index (χ0n) is 12.5. The molecule has 20 heavy (non-hydrogen) atoms. The highest BCUT2D eigenvalue weighted by atomic mass is 16.6. The Bertz CT molecular complexity index is 354. The second kappa shape index (κ2) is 6.90. The summed E-state index contributed by atoms with van der Waals surface area (Å²) in [5, 5.41) is 8.81. The number of nitrogens with two attached hydrogens (primary N) is 1. The van der Waals surface area contributed by atoms with Crippen molar-refractivity contribution in [2.24, 2.45) is 5.73 Å². The lowest BCUT2D eigenvalue weighted by molar-refractivity contribution is -0.139. The molecule has 7 nitrogen and oxygen atoms in total. The van der Waals surface area contributed by atoms with Crippen molar-refractivity contribution in [3.8, 4) is 0 Å². The molecule has 3 N–H and O–H groups in total. The zero-order valence-corrected chi connectivity index (χ0v) is 12.5. The number of carboxylic acid groups (broad SMARTS) is 1. The maximum absolute atomic E-state index is 12.0. The monoisotopic (exact) mass is 287 g/mol. The van der Waals surface area contributed by atoms with E-state index >= 15 is 0 Å². The molecule has 0 aromatic carbocycles. The molecule has 1 aliphatic rings. The van der Waals surface area contributed by atoms with Gasteiger partial charge in [-0.05, 0) is 33.7 Å². The van der Waals surface area contributed by atoms with Crippen LogP contribution in [0.25, 0.3) is 0 Å². The van der Waals surface area contributed by atoms with Gasteiger partial charge < -0.3 is 20.5 Å². The predicted molar refractivity (Wildman–Crippen MR) is 74.5 cm³/mol. The SMILES string of the molecule is CC(C)(C)OC(=O)N1CCCN(CC(N)C(=O)O)CC1. The lowest BCUT2D eigenvalue weighted by Gasteiger charge is -2.26. The minimum atomic E-state index is -1.00. The van der Waals surface area contributed by atoms with Crippen LogP contribution in [-0.4, -0.2) is 71.3 Å². The summed E-state index contributed by atoms with van der Waals surface area (Å²) in [6.45, 7) is 8.30. The van der Waals surface area contributed by atoms with Crippen LogP contribution in [0.1, 0.15) is 27.2 Å². The van der Waals surface area contributed by atoms with Crippen molar-refractivity contribution < 1.29 is 19.4 Å². The second-order valence-electron chi connectivity index (χ2n) is 6.07. The molecule has 1 saturated heterocycles. The third kappa shape index (κ3) is 5.75. The minimum absolute atomic E-state index is 0.303.